The second kappa shape index (κ2) is 19.8. The zero-order valence-corrected chi connectivity index (χ0v) is 51.0. The summed E-state index contributed by atoms with van der Waals surface area (Å²) in [5.74, 6) is 0. The Balaban J connectivity index is 0.895. The molecule has 13 aromatic carbocycles. The molecule has 15 aromatic rings. The normalized spacial score (nSPS) is 12.6. The number of rotatable bonds is 8. The molecule has 4 nitrogen and oxygen atoms in total. The van der Waals surface area contributed by atoms with Crippen molar-refractivity contribution in [3.05, 3.63) is 282 Å². The van der Waals surface area contributed by atoms with Crippen LogP contribution < -0.4 is 36.0 Å². The third-order valence-electron chi connectivity index (χ3n) is 18.3. The Hall–Kier alpha value is -9.92. The topological polar surface area (TPSA) is 13.0 Å². The highest BCUT2D eigenvalue weighted by Gasteiger charge is 2.45. The summed E-state index contributed by atoms with van der Waals surface area (Å²) in [7, 11) is 0. The van der Waals surface area contributed by atoms with E-state index in [1.807, 2.05) is 22.7 Å². The Morgan fingerprint density at radius 2 is 0.632 bits per heavy atom. The Morgan fingerprint density at radius 3 is 1.00 bits per heavy atom. The average Bonchev–Trinajstić information content (AvgIpc) is 1.62. The van der Waals surface area contributed by atoms with Crippen molar-refractivity contribution in [2.75, 3.05) is 19.6 Å². The molecular weight excluding hydrogens is 1090 g/mol. The summed E-state index contributed by atoms with van der Waals surface area (Å²) in [5, 5.41) is 10.1. The Labute approximate surface area is 515 Å². The number of fused-ring (bicyclic) bond motifs is 12. The molecule has 0 aliphatic carbocycles. The largest absolute Gasteiger partial charge is 0.311 e. The summed E-state index contributed by atoms with van der Waals surface area (Å²) in [4.78, 5) is 10.00. The molecule has 0 fully saturated rings. The van der Waals surface area contributed by atoms with Crippen LogP contribution in [0.1, 0.15) is 33.4 Å². The van der Waals surface area contributed by atoms with Gasteiger partial charge in [0, 0.05) is 97.2 Å². The van der Waals surface area contributed by atoms with E-state index in [0.29, 0.717) is 0 Å². The highest BCUT2D eigenvalue weighted by molar-refractivity contribution is 7.26. The lowest BCUT2D eigenvalue weighted by Crippen LogP contribution is -2.61. The van der Waals surface area contributed by atoms with Crippen LogP contribution in [0.15, 0.2) is 249 Å². The van der Waals surface area contributed by atoms with Crippen LogP contribution in [0.3, 0.4) is 0 Å². The summed E-state index contributed by atoms with van der Waals surface area (Å²) >= 11 is 3.85. The van der Waals surface area contributed by atoms with Crippen molar-refractivity contribution in [1.82, 2.24) is 0 Å². The van der Waals surface area contributed by atoms with Crippen LogP contribution in [0.2, 0.25) is 0 Å². The van der Waals surface area contributed by atoms with Gasteiger partial charge in [0.05, 0.1) is 11.4 Å². The maximum Gasteiger partial charge on any atom is 0.252 e. The van der Waals surface area contributed by atoms with Crippen molar-refractivity contribution in [3.63, 3.8) is 0 Å². The third-order valence-corrected chi connectivity index (χ3v) is 20.6. The van der Waals surface area contributed by atoms with E-state index in [0.717, 1.165) is 34.1 Å². The molecule has 0 radical (unpaired) electrons. The van der Waals surface area contributed by atoms with E-state index in [4.69, 9.17) is 0 Å². The lowest BCUT2D eigenvalue weighted by Gasteiger charge is -2.45. The minimum absolute atomic E-state index is 0.0535. The van der Waals surface area contributed by atoms with Gasteiger partial charge in [-0.05, 0) is 235 Å². The first kappa shape index (κ1) is 51.5. The van der Waals surface area contributed by atoms with Crippen LogP contribution in [0.25, 0.3) is 61.9 Å². The summed E-state index contributed by atoms with van der Waals surface area (Å²) in [6, 6.07) is 93.4. The maximum atomic E-state index is 2.64. The second-order valence-electron chi connectivity index (χ2n) is 24.1. The molecule has 2 aliphatic heterocycles. The number of hydrogen-bond donors (Lipinski definition) is 0. The Bertz CT molecular complexity index is 4870. The molecule has 4 heterocycles. The van der Waals surface area contributed by atoms with E-state index in [1.54, 1.807) is 0 Å². The molecular formula is C80H59BN4S2. The van der Waals surface area contributed by atoms with Gasteiger partial charge in [-0.3, -0.25) is 0 Å². The fourth-order valence-corrected chi connectivity index (χ4v) is 17.3. The minimum atomic E-state index is -0.0535. The van der Waals surface area contributed by atoms with Gasteiger partial charge in [0.15, 0.2) is 0 Å². The van der Waals surface area contributed by atoms with Crippen molar-refractivity contribution in [1.29, 1.82) is 0 Å². The van der Waals surface area contributed by atoms with E-state index in [2.05, 4.69) is 310 Å². The molecule has 0 saturated heterocycles. The first-order chi connectivity index (χ1) is 42.6. The van der Waals surface area contributed by atoms with Gasteiger partial charge in [0.25, 0.3) is 6.71 Å². The number of nitrogens with zero attached hydrogens (tertiary/aromatic N) is 4. The molecule has 0 atom stereocenters. The van der Waals surface area contributed by atoms with Crippen molar-refractivity contribution < 1.29 is 0 Å². The second-order valence-corrected chi connectivity index (χ2v) is 26.3. The molecule has 0 amide bonds. The summed E-state index contributed by atoms with van der Waals surface area (Å²) in [5.41, 5.74) is 25.9. The molecule has 87 heavy (non-hydrogen) atoms. The summed E-state index contributed by atoms with van der Waals surface area (Å²) < 4.78 is 5.17. The standard InChI is InChI=1S/C80H59BN4S2/c1-48-34-50(3)79(51(4)35-48)84-70-28-19-29-71-78(70)81(68-46-76-66(44-72(68)84)64-40-54-30-32-62(38-56(54)42-74(64)86-76)82(58-20-11-7-12-21-58)59-22-13-8-14-23-59)69-47-77-67(45-73(69)85(71)80-52(5)36-49(2)37-53(80)6)65-41-55-31-33-63(39-57(55)43-75(65)87-77)83(60-24-15-9-16-25-60)61-26-17-10-18-27-61/h7-47H,1-6H3. The van der Waals surface area contributed by atoms with E-state index >= 15 is 0 Å². The van der Waals surface area contributed by atoms with E-state index in [-0.39, 0.29) is 6.71 Å². The molecule has 414 valence electrons. The van der Waals surface area contributed by atoms with Gasteiger partial charge in [0.1, 0.15) is 0 Å². The van der Waals surface area contributed by atoms with Gasteiger partial charge in [-0.2, -0.15) is 0 Å². The predicted octanol–water partition coefficient (Wildman–Crippen LogP) is 21.6. The van der Waals surface area contributed by atoms with Crippen LogP contribution in [-0.2, 0) is 0 Å². The first-order valence-electron chi connectivity index (χ1n) is 30.2. The number of hydrogen-bond acceptors (Lipinski definition) is 6. The van der Waals surface area contributed by atoms with Gasteiger partial charge in [0.2, 0.25) is 0 Å². The number of aryl methyl sites for hydroxylation is 6. The first-order valence-corrected chi connectivity index (χ1v) is 31.8. The SMILES string of the molecule is Cc1cc(C)c(N2c3cc4c(cc3B3c5cc6sc7cc8cc(N(c9ccccc9)c9ccccc9)ccc8cc7c6cc5N(c5c(C)cc(C)cc5C)c5cccc2c53)sc2cc3cc(N(c5ccccc5)c5ccccc5)ccc3cc24)c(C)c1. The van der Waals surface area contributed by atoms with Gasteiger partial charge >= 0.3 is 0 Å². The summed E-state index contributed by atoms with van der Waals surface area (Å²) in [6.07, 6.45) is 0. The molecule has 0 bridgehead atoms. The zero-order valence-electron chi connectivity index (χ0n) is 49.4. The zero-order chi connectivity index (χ0) is 58.3. The minimum Gasteiger partial charge on any atom is -0.311 e. The highest BCUT2D eigenvalue weighted by atomic mass is 32.1. The van der Waals surface area contributed by atoms with Crippen molar-refractivity contribution in [2.45, 2.75) is 41.5 Å². The summed E-state index contributed by atoms with van der Waals surface area (Å²) in [6.45, 7) is 13.6. The van der Waals surface area contributed by atoms with Crippen LogP contribution in [0, 0.1) is 41.5 Å². The maximum absolute atomic E-state index is 2.64. The third kappa shape index (κ3) is 8.17. The van der Waals surface area contributed by atoms with Crippen LogP contribution in [0.4, 0.5) is 68.2 Å². The van der Waals surface area contributed by atoms with E-state index in [1.165, 1.54) is 146 Å². The van der Waals surface area contributed by atoms with Crippen molar-refractivity contribution >= 4 is 176 Å². The lowest BCUT2D eigenvalue weighted by atomic mass is 9.33. The molecule has 2 aromatic heterocycles. The smallest absolute Gasteiger partial charge is 0.252 e. The lowest BCUT2D eigenvalue weighted by molar-refractivity contribution is 1.19. The fourth-order valence-electron chi connectivity index (χ4n) is 14.9. The number of anilines is 12. The number of para-hydroxylation sites is 4. The monoisotopic (exact) mass is 1150 g/mol. The van der Waals surface area contributed by atoms with Crippen molar-refractivity contribution in [2.24, 2.45) is 0 Å². The van der Waals surface area contributed by atoms with E-state index < -0.39 is 0 Å². The Kier molecular flexibility index (Phi) is 11.7. The van der Waals surface area contributed by atoms with Crippen LogP contribution in [-0.4, -0.2) is 6.71 Å². The van der Waals surface area contributed by atoms with Crippen LogP contribution >= 0.6 is 22.7 Å². The Morgan fingerprint density at radius 1 is 0.287 bits per heavy atom. The van der Waals surface area contributed by atoms with Gasteiger partial charge in [-0.25, -0.2) is 0 Å². The van der Waals surface area contributed by atoms with Crippen molar-refractivity contribution in [3.8, 4) is 0 Å². The molecule has 0 spiro atoms. The molecule has 2 aliphatic rings. The molecule has 0 saturated carbocycles. The van der Waals surface area contributed by atoms with E-state index in [9.17, 15) is 0 Å². The average molecular weight is 1150 g/mol. The van der Waals surface area contributed by atoms with Gasteiger partial charge in [-0.15, -0.1) is 22.7 Å². The quantitative estimate of drug-likeness (QED) is 0.141. The van der Waals surface area contributed by atoms with Crippen LogP contribution in [0.5, 0.6) is 0 Å². The highest BCUT2D eigenvalue weighted by Crippen LogP contribution is 2.51. The molecule has 7 heteroatoms. The fraction of sp³-hybridized carbons (Fsp3) is 0.0750. The molecule has 17 rings (SSSR count). The molecule has 0 N–H and O–H groups in total. The number of benzene rings is 13. The molecule has 0 unspecified atom stereocenters. The number of thiophene rings is 2. The van der Waals surface area contributed by atoms with Gasteiger partial charge in [-0.1, -0.05) is 126 Å². The van der Waals surface area contributed by atoms with Gasteiger partial charge < -0.3 is 19.6 Å². The predicted molar refractivity (Wildman–Crippen MR) is 379 cm³/mol.